The van der Waals surface area contributed by atoms with Crippen molar-refractivity contribution in [2.45, 2.75) is 113 Å². The van der Waals surface area contributed by atoms with Crippen LogP contribution in [0, 0.1) is 0 Å². The molecule has 0 aromatic carbocycles. The van der Waals surface area contributed by atoms with E-state index in [1.165, 1.54) is 14.0 Å². The van der Waals surface area contributed by atoms with E-state index >= 15 is 0 Å². The lowest BCUT2D eigenvalue weighted by molar-refractivity contribution is -0.363. The third-order valence-electron chi connectivity index (χ3n) is 7.11. The number of aliphatic hydroxyl groups excluding tert-OH is 7. The van der Waals surface area contributed by atoms with Crippen LogP contribution in [0.1, 0.15) is 20.8 Å². The van der Waals surface area contributed by atoms with Gasteiger partial charge in [0.1, 0.15) is 67.0 Å². The molecule has 0 bridgehead atoms. The van der Waals surface area contributed by atoms with E-state index in [2.05, 4.69) is 10.6 Å². The zero-order valence-electron chi connectivity index (χ0n) is 22.5. The maximum absolute atomic E-state index is 12.0. The van der Waals surface area contributed by atoms with Crippen molar-refractivity contribution in [1.82, 2.24) is 10.6 Å². The van der Waals surface area contributed by atoms with Crippen molar-refractivity contribution >= 4 is 11.8 Å². The molecular formula is C23H40N2O15. The summed E-state index contributed by atoms with van der Waals surface area (Å²) >= 11 is 0. The maximum Gasteiger partial charge on any atom is 0.217 e. The molecule has 0 radical (unpaired) electrons. The minimum absolute atomic E-state index is 0.608. The molecule has 0 spiro atoms. The first-order valence-corrected chi connectivity index (χ1v) is 12.8. The Morgan fingerprint density at radius 3 is 1.82 bits per heavy atom. The average Bonchev–Trinajstić information content (AvgIpc) is 2.89. The highest BCUT2D eigenvalue weighted by Gasteiger charge is 2.54. The SMILES string of the molecule is COC1C(O)[C@@H](O)C(C)O[C@H]1OC1C(NC(C)=O)[C@@H](O)OC(CO)[C@H]1O[C@@H]1OC(CO)[C@@H](O)C(O)C1NC(C)=O. The summed E-state index contributed by atoms with van der Waals surface area (Å²) in [4.78, 5) is 23.9. The maximum atomic E-state index is 12.0. The quantitative estimate of drug-likeness (QED) is 0.122. The number of nitrogens with one attached hydrogen (secondary N) is 2. The smallest absolute Gasteiger partial charge is 0.217 e. The lowest BCUT2D eigenvalue weighted by atomic mass is 9.94. The van der Waals surface area contributed by atoms with E-state index in [9.17, 15) is 45.3 Å². The molecule has 2 amide bonds. The number of carbonyl (C=O) groups is 2. The first-order valence-electron chi connectivity index (χ1n) is 12.8. The van der Waals surface area contributed by atoms with E-state index in [1.807, 2.05) is 0 Å². The van der Waals surface area contributed by atoms with Crippen molar-refractivity contribution in [3.05, 3.63) is 0 Å². The van der Waals surface area contributed by atoms with Gasteiger partial charge in [-0.15, -0.1) is 0 Å². The third kappa shape index (κ3) is 7.06. The van der Waals surface area contributed by atoms with Crippen LogP contribution in [0.2, 0.25) is 0 Å². The topological polar surface area (TPSA) is 255 Å². The number of hydrogen-bond acceptors (Lipinski definition) is 15. The first-order chi connectivity index (χ1) is 18.8. The summed E-state index contributed by atoms with van der Waals surface area (Å²) in [7, 11) is 1.24. The van der Waals surface area contributed by atoms with Gasteiger partial charge in [-0.1, -0.05) is 0 Å². The van der Waals surface area contributed by atoms with Crippen LogP contribution in [0.25, 0.3) is 0 Å². The number of rotatable bonds is 9. The van der Waals surface area contributed by atoms with Crippen molar-refractivity contribution in [1.29, 1.82) is 0 Å². The Morgan fingerprint density at radius 2 is 1.27 bits per heavy atom. The molecule has 9 N–H and O–H groups in total. The van der Waals surface area contributed by atoms with E-state index in [-0.39, 0.29) is 0 Å². The molecule has 3 fully saturated rings. The molecule has 17 nitrogen and oxygen atoms in total. The highest BCUT2D eigenvalue weighted by molar-refractivity contribution is 5.73. The fourth-order valence-corrected chi connectivity index (χ4v) is 5.04. The van der Waals surface area contributed by atoms with Crippen molar-refractivity contribution in [3.63, 3.8) is 0 Å². The number of ether oxygens (including phenoxy) is 6. The van der Waals surface area contributed by atoms with Crippen LogP contribution >= 0.6 is 0 Å². The summed E-state index contributed by atoms with van der Waals surface area (Å²) < 4.78 is 34.2. The van der Waals surface area contributed by atoms with Crippen LogP contribution < -0.4 is 10.6 Å². The molecule has 3 saturated heterocycles. The highest BCUT2D eigenvalue weighted by Crippen LogP contribution is 2.33. The van der Waals surface area contributed by atoms with Gasteiger partial charge in [-0.05, 0) is 6.92 Å². The molecule has 0 aromatic rings. The Bertz CT molecular complexity index is 853. The minimum Gasteiger partial charge on any atom is -0.394 e. The van der Waals surface area contributed by atoms with Gasteiger partial charge >= 0.3 is 0 Å². The lowest BCUT2D eigenvalue weighted by Crippen LogP contribution is -2.70. The molecule has 40 heavy (non-hydrogen) atoms. The fraction of sp³-hybridized carbons (Fsp3) is 0.913. The van der Waals surface area contributed by atoms with E-state index in [1.54, 1.807) is 0 Å². The Morgan fingerprint density at radius 1 is 0.700 bits per heavy atom. The summed E-state index contributed by atoms with van der Waals surface area (Å²) in [6.07, 6.45) is -18.5. The lowest BCUT2D eigenvalue weighted by Gasteiger charge is -2.50. The summed E-state index contributed by atoms with van der Waals surface area (Å²) in [5.41, 5.74) is 0. The molecule has 17 heteroatoms. The Labute approximate surface area is 229 Å². The molecule has 0 saturated carbocycles. The van der Waals surface area contributed by atoms with E-state index in [0.29, 0.717) is 0 Å². The average molecular weight is 585 g/mol. The molecule has 3 aliphatic heterocycles. The van der Waals surface area contributed by atoms with Gasteiger partial charge in [0, 0.05) is 21.0 Å². The summed E-state index contributed by atoms with van der Waals surface area (Å²) in [5, 5.41) is 77.1. The van der Waals surface area contributed by atoms with Crippen molar-refractivity contribution < 1.29 is 73.8 Å². The molecule has 3 heterocycles. The molecule has 3 aliphatic rings. The van der Waals surface area contributed by atoms with Crippen LogP contribution in [-0.2, 0) is 38.0 Å². The predicted octanol–water partition coefficient (Wildman–Crippen LogP) is -5.60. The van der Waals surface area contributed by atoms with E-state index in [0.717, 1.165) is 13.8 Å². The zero-order chi connectivity index (χ0) is 29.9. The second-order valence-electron chi connectivity index (χ2n) is 10.00. The molecule has 0 aromatic heterocycles. The standard InChI is InChI=1S/C23H40N2O15/c1-7-14(30)17(33)20(35-4)23(36-7)40-19-13(25-9(3)29)21(34)37-11(6-27)18(19)39-22-12(24-8(2)28)16(32)15(31)10(5-26)38-22/h7,10-23,26-27,30-34H,5-6H2,1-4H3,(H,24,28)(H,25,29)/t7?,10?,11?,12?,13?,14-,15+,16?,17?,18+,19?,20?,21-,22-,23-/m0/s1. The first kappa shape index (κ1) is 32.9. The number of hydrogen-bond donors (Lipinski definition) is 9. The van der Waals surface area contributed by atoms with Gasteiger partial charge in [0.15, 0.2) is 18.9 Å². The molecular weight excluding hydrogens is 544 g/mol. The van der Waals surface area contributed by atoms with Gasteiger partial charge in [0.05, 0.1) is 19.3 Å². The van der Waals surface area contributed by atoms with Gasteiger partial charge in [0.2, 0.25) is 11.8 Å². The molecule has 3 rings (SSSR count). The van der Waals surface area contributed by atoms with Gasteiger partial charge in [-0.25, -0.2) is 0 Å². The Hall–Kier alpha value is -1.58. The van der Waals surface area contributed by atoms with Gasteiger partial charge in [0.25, 0.3) is 0 Å². The van der Waals surface area contributed by atoms with Crippen LogP contribution in [-0.4, -0.2) is 160 Å². The van der Waals surface area contributed by atoms with Crippen molar-refractivity contribution in [2.75, 3.05) is 20.3 Å². The Kier molecular flexibility index (Phi) is 11.6. The van der Waals surface area contributed by atoms with Crippen LogP contribution in [0.5, 0.6) is 0 Å². The normalized spacial score (nSPS) is 46.0. The minimum atomic E-state index is -1.74. The molecule has 232 valence electrons. The van der Waals surface area contributed by atoms with Crippen molar-refractivity contribution in [3.8, 4) is 0 Å². The zero-order valence-corrected chi connectivity index (χ0v) is 22.5. The summed E-state index contributed by atoms with van der Waals surface area (Å²) in [5.74, 6) is -1.23. The van der Waals surface area contributed by atoms with Crippen LogP contribution in [0.15, 0.2) is 0 Å². The second-order valence-corrected chi connectivity index (χ2v) is 10.00. The second kappa shape index (κ2) is 14.1. The van der Waals surface area contributed by atoms with E-state index < -0.39 is 117 Å². The molecule has 15 atom stereocenters. The fourth-order valence-electron chi connectivity index (χ4n) is 5.04. The molecule has 9 unspecified atom stereocenters. The monoisotopic (exact) mass is 584 g/mol. The summed E-state index contributed by atoms with van der Waals surface area (Å²) in [6, 6.07) is -2.74. The van der Waals surface area contributed by atoms with Gasteiger partial charge in [-0.3, -0.25) is 9.59 Å². The highest BCUT2D eigenvalue weighted by atomic mass is 16.7. The van der Waals surface area contributed by atoms with Crippen LogP contribution in [0.3, 0.4) is 0 Å². The third-order valence-corrected chi connectivity index (χ3v) is 7.11. The Balaban J connectivity index is 2.00. The number of aliphatic hydroxyl groups is 7. The van der Waals surface area contributed by atoms with Crippen LogP contribution in [0.4, 0.5) is 0 Å². The number of carbonyl (C=O) groups excluding carboxylic acids is 2. The number of methoxy groups -OCH3 is 1. The van der Waals surface area contributed by atoms with Crippen molar-refractivity contribution in [2.24, 2.45) is 0 Å². The van der Waals surface area contributed by atoms with Gasteiger partial charge in [-0.2, -0.15) is 0 Å². The molecule has 0 aliphatic carbocycles. The summed E-state index contributed by atoms with van der Waals surface area (Å²) in [6.45, 7) is 2.30. The van der Waals surface area contributed by atoms with Gasteiger partial charge < -0.3 is 74.8 Å². The predicted molar refractivity (Wildman–Crippen MR) is 128 cm³/mol. The number of amides is 2. The largest absolute Gasteiger partial charge is 0.394 e. The van der Waals surface area contributed by atoms with E-state index in [4.69, 9.17) is 28.4 Å².